The maximum absolute atomic E-state index is 10.8. The summed E-state index contributed by atoms with van der Waals surface area (Å²) in [6.45, 7) is 6.26. The Bertz CT molecular complexity index is 622. The molecule has 1 aromatic carbocycles. The molecule has 7 heteroatoms. The predicted octanol–water partition coefficient (Wildman–Crippen LogP) is 2.45. The van der Waals surface area contributed by atoms with Crippen LogP contribution in [0.2, 0.25) is 0 Å². The molecule has 0 spiro atoms. The van der Waals surface area contributed by atoms with Crippen molar-refractivity contribution < 1.29 is 9.45 Å². The van der Waals surface area contributed by atoms with Gasteiger partial charge in [-0.15, -0.1) is 0 Å². The Balaban J connectivity index is 2.20. The van der Waals surface area contributed by atoms with E-state index >= 15 is 0 Å². The molecule has 0 radical (unpaired) electrons. The number of nitrogens with zero attached hydrogens (tertiary/aromatic N) is 3. The third kappa shape index (κ3) is 3.18. The summed E-state index contributed by atoms with van der Waals surface area (Å²) in [5.41, 5.74) is 1.32. The van der Waals surface area contributed by atoms with Crippen molar-refractivity contribution in [2.75, 3.05) is 0 Å². The van der Waals surface area contributed by atoms with E-state index in [0.717, 1.165) is 0 Å². The smallest absolute Gasteiger partial charge is 0.272 e. The summed E-state index contributed by atoms with van der Waals surface area (Å²) in [5.74, 6) is 0.924. The Morgan fingerprint density at radius 3 is 2.80 bits per heavy atom. The summed E-state index contributed by atoms with van der Waals surface area (Å²) in [4.78, 5) is 14.6. The molecule has 0 amide bonds. The molecule has 0 aliphatic rings. The summed E-state index contributed by atoms with van der Waals surface area (Å²) < 4.78 is 5.17. The van der Waals surface area contributed by atoms with Gasteiger partial charge in [0.05, 0.1) is 11.5 Å². The van der Waals surface area contributed by atoms with E-state index in [1.54, 1.807) is 19.1 Å². The van der Waals surface area contributed by atoms with Crippen molar-refractivity contribution in [3.63, 3.8) is 0 Å². The fourth-order valence-corrected chi connectivity index (χ4v) is 1.73. The van der Waals surface area contributed by atoms with Crippen molar-refractivity contribution in [3.8, 4) is 11.5 Å². The maximum Gasteiger partial charge on any atom is 0.272 e. The molecule has 0 saturated carbocycles. The third-order valence-electron chi connectivity index (χ3n) is 2.78. The van der Waals surface area contributed by atoms with Gasteiger partial charge in [0.15, 0.2) is 5.82 Å². The highest BCUT2D eigenvalue weighted by atomic mass is 16.6. The molecule has 106 valence electrons. The Kier molecular flexibility index (Phi) is 4.09. The molecule has 0 saturated heterocycles. The molecule has 7 nitrogen and oxygen atoms in total. The van der Waals surface area contributed by atoms with E-state index in [2.05, 4.69) is 15.5 Å². The van der Waals surface area contributed by atoms with Gasteiger partial charge < -0.3 is 9.84 Å². The first-order valence-electron chi connectivity index (χ1n) is 6.28. The van der Waals surface area contributed by atoms with Gasteiger partial charge in [0.1, 0.15) is 0 Å². The van der Waals surface area contributed by atoms with Crippen molar-refractivity contribution in [1.82, 2.24) is 15.5 Å². The van der Waals surface area contributed by atoms with E-state index in [4.69, 9.17) is 4.52 Å². The second-order valence-electron chi connectivity index (χ2n) is 4.81. The van der Waals surface area contributed by atoms with Crippen LogP contribution in [-0.2, 0) is 6.54 Å². The highest BCUT2D eigenvalue weighted by Gasteiger charge is 2.14. The zero-order valence-corrected chi connectivity index (χ0v) is 11.6. The summed E-state index contributed by atoms with van der Waals surface area (Å²) in [5, 5.41) is 17.8. The molecule has 0 atom stereocenters. The molecule has 0 unspecified atom stereocenters. The molecule has 0 bridgehead atoms. The highest BCUT2D eigenvalue weighted by Crippen LogP contribution is 2.24. The fourth-order valence-electron chi connectivity index (χ4n) is 1.73. The zero-order valence-electron chi connectivity index (χ0n) is 11.6. The Hall–Kier alpha value is -2.28. The first kappa shape index (κ1) is 14.1. The van der Waals surface area contributed by atoms with E-state index in [1.807, 2.05) is 13.8 Å². The lowest BCUT2D eigenvalue weighted by atomic mass is 10.1. The largest absolute Gasteiger partial charge is 0.334 e. The number of nitro groups is 1. The van der Waals surface area contributed by atoms with E-state index in [1.165, 1.54) is 6.07 Å². The standard InChI is InChI=1S/C13H16N4O3/c1-8(2)14-7-12-15-13(20-16-12)10-4-5-11(17(18)19)9(3)6-10/h4-6,8,14H,7H2,1-3H3. The van der Waals surface area contributed by atoms with Gasteiger partial charge in [0.2, 0.25) is 0 Å². The van der Waals surface area contributed by atoms with Crippen LogP contribution < -0.4 is 5.32 Å². The molecule has 1 N–H and O–H groups in total. The van der Waals surface area contributed by atoms with Crippen LogP contribution in [0.1, 0.15) is 25.2 Å². The molecular formula is C13H16N4O3. The maximum atomic E-state index is 10.8. The number of nitrogens with one attached hydrogen (secondary N) is 1. The molecule has 0 aliphatic carbocycles. The van der Waals surface area contributed by atoms with Crippen LogP contribution in [0.3, 0.4) is 0 Å². The lowest BCUT2D eigenvalue weighted by Crippen LogP contribution is -2.22. The summed E-state index contributed by atoms with van der Waals surface area (Å²) in [6.07, 6.45) is 0. The molecular weight excluding hydrogens is 260 g/mol. The fraction of sp³-hybridized carbons (Fsp3) is 0.385. The number of benzene rings is 1. The minimum atomic E-state index is -0.412. The number of aryl methyl sites for hydroxylation is 1. The van der Waals surface area contributed by atoms with Crippen molar-refractivity contribution in [2.24, 2.45) is 0 Å². The summed E-state index contributed by atoms with van der Waals surface area (Å²) in [6, 6.07) is 5.06. The zero-order chi connectivity index (χ0) is 14.7. The molecule has 20 heavy (non-hydrogen) atoms. The average molecular weight is 276 g/mol. The predicted molar refractivity (Wildman–Crippen MR) is 73.1 cm³/mol. The van der Waals surface area contributed by atoms with Crippen LogP contribution in [0.25, 0.3) is 11.5 Å². The third-order valence-corrected chi connectivity index (χ3v) is 2.78. The van der Waals surface area contributed by atoms with Gasteiger partial charge >= 0.3 is 0 Å². The monoisotopic (exact) mass is 276 g/mol. The summed E-state index contributed by atoms with van der Waals surface area (Å²) in [7, 11) is 0. The van der Waals surface area contributed by atoms with Crippen molar-refractivity contribution >= 4 is 5.69 Å². The van der Waals surface area contributed by atoms with Gasteiger partial charge in [-0.1, -0.05) is 19.0 Å². The molecule has 1 heterocycles. The van der Waals surface area contributed by atoms with Gasteiger partial charge in [0, 0.05) is 23.2 Å². The summed E-state index contributed by atoms with van der Waals surface area (Å²) >= 11 is 0. The van der Waals surface area contributed by atoms with Crippen LogP contribution in [0.5, 0.6) is 0 Å². The number of nitro benzene ring substituents is 1. The second kappa shape index (κ2) is 5.79. The molecule has 2 aromatic rings. The minimum Gasteiger partial charge on any atom is -0.334 e. The molecule has 0 fully saturated rings. The number of hydrogen-bond donors (Lipinski definition) is 1. The van der Waals surface area contributed by atoms with E-state index in [0.29, 0.717) is 35.4 Å². The van der Waals surface area contributed by atoms with Gasteiger partial charge in [-0.2, -0.15) is 4.98 Å². The number of hydrogen-bond acceptors (Lipinski definition) is 6. The normalized spacial score (nSPS) is 11.0. The lowest BCUT2D eigenvalue weighted by molar-refractivity contribution is -0.385. The van der Waals surface area contributed by atoms with Gasteiger partial charge in [-0.3, -0.25) is 10.1 Å². The van der Waals surface area contributed by atoms with Crippen LogP contribution in [-0.4, -0.2) is 21.1 Å². The van der Waals surface area contributed by atoms with E-state index < -0.39 is 4.92 Å². The van der Waals surface area contributed by atoms with E-state index in [9.17, 15) is 10.1 Å². The first-order valence-corrected chi connectivity index (χ1v) is 6.28. The van der Waals surface area contributed by atoms with Crippen molar-refractivity contribution in [1.29, 1.82) is 0 Å². The van der Waals surface area contributed by atoms with Crippen LogP contribution in [0.4, 0.5) is 5.69 Å². The Labute approximate surface area is 116 Å². The Morgan fingerprint density at radius 1 is 1.45 bits per heavy atom. The molecule has 2 rings (SSSR count). The van der Waals surface area contributed by atoms with Crippen LogP contribution >= 0.6 is 0 Å². The van der Waals surface area contributed by atoms with E-state index in [-0.39, 0.29) is 5.69 Å². The SMILES string of the molecule is Cc1cc(-c2nc(CNC(C)C)no2)ccc1[N+](=O)[O-]. The van der Waals surface area contributed by atoms with Crippen molar-refractivity contribution in [2.45, 2.75) is 33.4 Å². The quantitative estimate of drug-likeness (QED) is 0.665. The topological polar surface area (TPSA) is 94.1 Å². The number of aromatic nitrogens is 2. The van der Waals surface area contributed by atoms with Crippen LogP contribution in [0, 0.1) is 17.0 Å². The van der Waals surface area contributed by atoms with Gasteiger partial charge in [-0.25, -0.2) is 0 Å². The molecule has 0 aliphatic heterocycles. The Morgan fingerprint density at radius 2 is 2.20 bits per heavy atom. The highest BCUT2D eigenvalue weighted by molar-refractivity contribution is 5.58. The van der Waals surface area contributed by atoms with Gasteiger partial charge in [0.25, 0.3) is 11.6 Å². The lowest BCUT2D eigenvalue weighted by Gasteiger charge is -2.03. The average Bonchev–Trinajstić information content (AvgIpc) is 2.84. The van der Waals surface area contributed by atoms with Crippen molar-refractivity contribution in [3.05, 3.63) is 39.7 Å². The van der Waals surface area contributed by atoms with Crippen LogP contribution in [0.15, 0.2) is 22.7 Å². The molecule has 1 aromatic heterocycles. The van der Waals surface area contributed by atoms with Gasteiger partial charge in [-0.05, 0) is 19.1 Å². The number of rotatable bonds is 5. The second-order valence-corrected chi connectivity index (χ2v) is 4.81. The first-order chi connectivity index (χ1) is 9.47. The minimum absolute atomic E-state index is 0.0787.